The molecule has 1 aliphatic rings. The third-order valence-electron chi connectivity index (χ3n) is 4.07. The summed E-state index contributed by atoms with van der Waals surface area (Å²) in [5, 5.41) is 14.7. The lowest BCUT2D eigenvalue weighted by Crippen LogP contribution is -2.42. The van der Waals surface area contributed by atoms with E-state index in [2.05, 4.69) is 40.9 Å². The molecule has 20 heavy (non-hydrogen) atoms. The van der Waals surface area contributed by atoms with Crippen molar-refractivity contribution < 1.29 is 5.11 Å². The van der Waals surface area contributed by atoms with Crippen molar-refractivity contribution in [3.63, 3.8) is 0 Å². The van der Waals surface area contributed by atoms with Gasteiger partial charge < -0.3 is 15.0 Å². The molecule has 0 spiro atoms. The van der Waals surface area contributed by atoms with Crippen LogP contribution in [0.1, 0.15) is 25.5 Å². The van der Waals surface area contributed by atoms with Crippen LogP contribution in [0.3, 0.4) is 0 Å². The van der Waals surface area contributed by atoms with E-state index in [1.54, 1.807) is 6.07 Å². The Hall–Kier alpha value is -1.52. The Morgan fingerprint density at radius 3 is 2.70 bits per heavy atom. The lowest BCUT2D eigenvalue weighted by Gasteiger charge is -2.26. The lowest BCUT2D eigenvalue weighted by molar-refractivity contribution is 0.234. The summed E-state index contributed by atoms with van der Waals surface area (Å²) in [6.07, 6.45) is 2.21. The Kier molecular flexibility index (Phi) is 3.68. The first-order valence-electron chi connectivity index (χ1n) is 7.41. The molecule has 0 radical (unpaired) electrons. The van der Waals surface area contributed by atoms with Crippen LogP contribution in [0, 0.1) is 0 Å². The van der Waals surface area contributed by atoms with E-state index in [-0.39, 0.29) is 0 Å². The molecule has 0 atom stereocenters. The van der Waals surface area contributed by atoms with Crippen molar-refractivity contribution in [1.29, 1.82) is 0 Å². The Labute approximate surface area is 120 Å². The highest BCUT2D eigenvalue weighted by Crippen LogP contribution is 2.32. The van der Waals surface area contributed by atoms with Gasteiger partial charge in [0.1, 0.15) is 5.75 Å². The number of piperazine rings is 1. The fourth-order valence-electron chi connectivity index (χ4n) is 3.01. The summed E-state index contributed by atoms with van der Waals surface area (Å²) < 4.78 is 2.18. The van der Waals surface area contributed by atoms with E-state index in [0.717, 1.165) is 38.2 Å². The van der Waals surface area contributed by atoms with Gasteiger partial charge in [-0.05, 0) is 25.5 Å². The molecule has 1 aromatic heterocycles. The van der Waals surface area contributed by atoms with E-state index in [0.29, 0.717) is 11.8 Å². The minimum Gasteiger partial charge on any atom is -0.506 e. The fraction of sp³-hybridized carbons (Fsp3) is 0.500. The number of nitrogens with one attached hydrogen (secondary N) is 1. The second kappa shape index (κ2) is 5.46. The average molecular weight is 273 g/mol. The predicted molar refractivity (Wildman–Crippen MR) is 82.1 cm³/mol. The van der Waals surface area contributed by atoms with Crippen LogP contribution in [-0.2, 0) is 6.54 Å². The molecule has 0 bridgehead atoms. The number of benzene rings is 1. The Bertz CT molecular complexity index is 597. The molecule has 4 heteroatoms. The normalized spacial score (nSPS) is 17.1. The van der Waals surface area contributed by atoms with E-state index in [1.807, 2.05) is 6.07 Å². The Morgan fingerprint density at radius 2 is 2.00 bits per heavy atom. The van der Waals surface area contributed by atoms with Crippen LogP contribution >= 0.6 is 0 Å². The number of phenolic OH excluding ortho intramolecular Hbond substituents is 1. The molecule has 2 aromatic rings. The molecule has 0 amide bonds. The van der Waals surface area contributed by atoms with Crippen LogP contribution in [0.5, 0.6) is 5.75 Å². The van der Waals surface area contributed by atoms with Crippen molar-refractivity contribution in [2.45, 2.75) is 26.4 Å². The maximum atomic E-state index is 10.2. The van der Waals surface area contributed by atoms with Crippen LogP contribution in [0.2, 0.25) is 0 Å². The van der Waals surface area contributed by atoms with Crippen LogP contribution in [0.4, 0.5) is 0 Å². The summed E-state index contributed by atoms with van der Waals surface area (Å²) in [6, 6.07) is 6.17. The SMILES string of the molecule is CC(C)n1cc(CN2CCNCC2)c2cccc(O)c21. The Balaban J connectivity index is 2.00. The standard InChI is InChI=1S/C16H23N3O/c1-12(2)19-11-13(10-18-8-6-17-7-9-18)14-4-3-5-15(20)16(14)19/h3-5,11-12,17,20H,6-10H2,1-2H3. The van der Waals surface area contributed by atoms with E-state index in [4.69, 9.17) is 0 Å². The molecule has 3 rings (SSSR count). The zero-order chi connectivity index (χ0) is 14.1. The van der Waals surface area contributed by atoms with Crippen molar-refractivity contribution in [3.05, 3.63) is 30.0 Å². The number of hydrogen-bond donors (Lipinski definition) is 2. The fourth-order valence-corrected chi connectivity index (χ4v) is 3.01. The summed E-state index contributed by atoms with van der Waals surface area (Å²) in [5.74, 6) is 0.378. The van der Waals surface area contributed by atoms with Gasteiger partial charge >= 0.3 is 0 Å². The number of aromatic hydroxyl groups is 1. The molecule has 108 valence electrons. The van der Waals surface area contributed by atoms with Crippen LogP contribution < -0.4 is 5.32 Å². The molecule has 4 nitrogen and oxygen atoms in total. The molecule has 1 aromatic carbocycles. The molecule has 2 N–H and O–H groups in total. The summed E-state index contributed by atoms with van der Waals surface area (Å²) in [7, 11) is 0. The maximum Gasteiger partial charge on any atom is 0.139 e. The zero-order valence-corrected chi connectivity index (χ0v) is 12.3. The highest BCUT2D eigenvalue weighted by Gasteiger charge is 2.17. The molecule has 0 aliphatic carbocycles. The summed E-state index contributed by atoms with van der Waals surface area (Å²) >= 11 is 0. The summed E-state index contributed by atoms with van der Waals surface area (Å²) in [6.45, 7) is 9.57. The van der Waals surface area contributed by atoms with Crippen molar-refractivity contribution in [2.75, 3.05) is 26.2 Å². The average Bonchev–Trinajstić information content (AvgIpc) is 2.81. The molecule has 0 saturated carbocycles. The third-order valence-corrected chi connectivity index (χ3v) is 4.07. The molecule has 1 aliphatic heterocycles. The molecule has 2 heterocycles. The van der Waals surface area contributed by atoms with Gasteiger partial charge in [-0.25, -0.2) is 0 Å². The van der Waals surface area contributed by atoms with Crippen molar-refractivity contribution in [1.82, 2.24) is 14.8 Å². The van der Waals surface area contributed by atoms with Gasteiger partial charge in [-0.3, -0.25) is 4.90 Å². The van der Waals surface area contributed by atoms with Crippen LogP contribution in [0.25, 0.3) is 10.9 Å². The molecular formula is C16H23N3O. The smallest absolute Gasteiger partial charge is 0.139 e. The van der Waals surface area contributed by atoms with Gasteiger partial charge in [-0.1, -0.05) is 12.1 Å². The Morgan fingerprint density at radius 1 is 1.25 bits per heavy atom. The van der Waals surface area contributed by atoms with Crippen molar-refractivity contribution in [2.24, 2.45) is 0 Å². The highest BCUT2D eigenvalue weighted by molar-refractivity contribution is 5.89. The van der Waals surface area contributed by atoms with E-state index in [9.17, 15) is 5.11 Å². The molecule has 0 unspecified atom stereocenters. The second-order valence-corrected chi connectivity index (χ2v) is 5.85. The number of fused-ring (bicyclic) bond motifs is 1. The maximum absolute atomic E-state index is 10.2. The lowest BCUT2D eigenvalue weighted by atomic mass is 10.1. The van der Waals surface area contributed by atoms with Crippen LogP contribution in [0.15, 0.2) is 24.4 Å². The van der Waals surface area contributed by atoms with E-state index >= 15 is 0 Å². The first kappa shape index (κ1) is 13.5. The minimum absolute atomic E-state index is 0.350. The minimum atomic E-state index is 0.350. The second-order valence-electron chi connectivity index (χ2n) is 5.85. The van der Waals surface area contributed by atoms with Gasteiger partial charge in [-0.2, -0.15) is 0 Å². The zero-order valence-electron chi connectivity index (χ0n) is 12.3. The van der Waals surface area contributed by atoms with Gasteiger partial charge in [0.25, 0.3) is 0 Å². The van der Waals surface area contributed by atoms with E-state index in [1.165, 1.54) is 10.9 Å². The number of aromatic nitrogens is 1. The number of rotatable bonds is 3. The summed E-state index contributed by atoms with van der Waals surface area (Å²) in [4.78, 5) is 2.47. The van der Waals surface area contributed by atoms with Gasteiger partial charge in [-0.15, -0.1) is 0 Å². The number of para-hydroxylation sites is 1. The number of hydrogen-bond acceptors (Lipinski definition) is 3. The topological polar surface area (TPSA) is 40.4 Å². The third kappa shape index (κ3) is 2.41. The first-order chi connectivity index (χ1) is 9.66. The summed E-state index contributed by atoms with van der Waals surface area (Å²) in [5.41, 5.74) is 2.28. The van der Waals surface area contributed by atoms with E-state index < -0.39 is 0 Å². The van der Waals surface area contributed by atoms with Crippen molar-refractivity contribution >= 4 is 10.9 Å². The first-order valence-corrected chi connectivity index (χ1v) is 7.41. The van der Waals surface area contributed by atoms with Gasteiger partial charge in [0.2, 0.25) is 0 Å². The van der Waals surface area contributed by atoms with Gasteiger partial charge in [0.05, 0.1) is 5.52 Å². The van der Waals surface area contributed by atoms with Crippen molar-refractivity contribution in [3.8, 4) is 5.75 Å². The largest absolute Gasteiger partial charge is 0.506 e. The molecule has 1 saturated heterocycles. The quantitative estimate of drug-likeness (QED) is 0.902. The molecular weight excluding hydrogens is 250 g/mol. The monoisotopic (exact) mass is 273 g/mol. The van der Waals surface area contributed by atoms with Gasteiger partial charge in [0, 0.05) is 50.3 Å². The van der Waals surface area contributed by atoms with Crippen LogP contribution in [-0.4, -0.2) is 40.8 Å². The highest BCUT2D eigenvalue weighted by atomic mass is 16.3. The van der Waals surface area contributed by atoms with Gasteiger partial charge in [0.15, 0.2) is 0 Å². The predicted octanol–water partition coefficient (Wildman–Crippen LogP) is 2.33. The number of phenols is 1. The molecule has 1 fully saturated rings. The number of nitrogens with zero attached hydrogens (tertiary/aromatic N) is 2.